The number of pyridine rings is 2. The molecule has 1 atom stereocenters. The van der Waals surface area contributed by atoms with E-state index in [0.29, 0.717) is 61.7 Å². The number of para-hydroxylation sites is 1. The van der Waals surface area contributed by atoms with Crippen LogP contribution in [0.25, 0.3) is 11.3 Å². The lowest BCUT2D eigenvalue weighted by molar-refractivity contribution is -0.127. The van der Waals surface area contributed by atoms with Crippen LogP contribution in [0, 0.1) is 22.6 Å². The van der Waals surface area contributed by atoms with Gasteiger partial charge in [-0.15, -0.1) is 0 Å². The zero-order valence-corrected chi connectivity index (χ0v) is 28.7. The van der Waals surface area contributed by atoms with Gasteiger partial charge in [0.25, 0.3) is 5.91 Å². The monoisotopic (exact) mass is 697 g/mol. The Bertz CT molecular complexity index is 1960. The Morgan fingerprint density at radius 2 is 1.98 bits per heavy atom. The molecule has 0 spiro atoms. The Hall–Kier alpha value is -5.59. The Kier molecular flexibility index (Phi) is 9.93. The summed E-state index contributed by atoms with van der Waals surface area (Å²) in [6.07, 6.45) is 4.48. The molecule has 0 saturated carbocycles. The summed E-state index contributed by atoms with van der Waals surface area (Å²) < 4.78 is 25.2. The van der Waals surface area contributed by atoms with Gasteiger partial charge in [0.05, 0.1) is 54.5 Å². The largest absolute Gasteiger partial charge is 0.493 e. The van der Waals surface area contributed by atoms with Crippen LogP contribution in [0.5, 0.6) is 5.75 Å². The number of benzene rings is 1. The minimum Gasteiger partial charge on any atom is -0.493 e. The first-order valence-electron chi connectivity index (χ1n) is 15.8. The van der Waals surface area contributed by atoms with Crippen LogP contribution in [0.3, 0.4) is 0 Å². The number of anilines is 5. The van der Waals surface area contributed by atoms with E-state index in [1.807, 2.05) is 19.1 Å². The smallest absolute Gasteiger partial charge is 0.267 e. The molecule has 2 fully saturated rings. The standard InChI is InChI=1S/C35H36FN9O4S/c1-5-30(46)43-12-13-45(23(17-43)18-48-3)32-27(44-20-35(2,19-37)21-44)14-22(15-38-32)25-10-11-28(49-4)31(40-25)42-34-39-16-29(50-34)33(47)41-26-9-7-6-8-24(26)36/h5-11,14-16,23H,1,12-13,17-18,20-21H2,2-4H3,(H,41,47)(H,39,40,42). The Morgan fingerprint density at radius 3 is 2.70 bits per heavy atom. The molecule has 0 radical (unpaired) electrons. The molecule has 4 aromatic rings. The second-order valence-corrected chi connectivity index (χ2v) is 13.3. The van der Waals surface area contributed by atoms with Crippen LogP contribution in [-0.4, -0.2) is 91.3 Å². The van der Waals surface area contributed by atoms with Crippen LogP contribution < -0.4 is 25.2 Å². The summed E-state index contributed by atoms with van der Waals surface area (Å²) in [7, 11) is 3.16. The maximum absolute atomic E-state index is 14.1. The lowest BCUT2D eigenvalue weighted by Crippen LogP contribution is -2.58. The molecule has 1 unspecified atom stereocenters. The van der Waals surface area contributed by atoms with E-state index in [1.54, 1.807) is 36.4 Å². The van der Waals surface area contributed by atoms with Gasteiger partial charge in [-0.3, -0.25) is 9.59 Å². The number of amides is 2. The lowest BCUT2D eigenvalue weighted by Gasteiger charge is -2.48. The molecule has 0 bridgehead atoms. The molecule has 2 aliphatic rings. The summed E-state index contributed by atoms with van der Waals surface area (Å²) in [5, 5.41) is 15.9. The van der Waals surface area contributed by atoms with Crippen molar-refractivity contribution in [2.45, 2.75) is 13.0 Å². The van der Waals surface area contributed by atoms with E-state index in [1.165, 1.54) is 31.5 Å². The van der Waals surface area contributed by atoms with Crippen molar-refractivity contribution in [2.75, 3.05) is 74.0 Å². The van der Waals surface area contributed by atoms with Crippen LogP contribution in [0.2, 0.25) is 0 Å². The van der Waals surface area contributed by atoms with Crippen molar-refractivity contribution >= 4 is 51.3 Å². The molecule has 6 rings (SSSR count). The molecule has 258 valence electrons. The average molecular weight is 698 g/mol. The number of nitrogens with one attached hydrogen (secondary N) is 2. The number of halogens is 1. The molecule has 50 heavy (non-hydrogen) atoms. The fourth-order valence-corrected chi connectivity index (χ4v) is 6.73. The first kappa shape index (κ1) is 34.3. The maximum atomic E-state index is 14.1. The molecule has 5 heterocycles. The van der Waals surface area contributed by atoms with E-state index in [4.69, 9.17) is 19.4 Å². The second-order valence-electron chi connectivity index (χ2n) is 12.2. The van der Waals surface area contributed by atoms with Crippen LogP contribution in [0.1, 0.15) is 16.6 Å². The number of piperazine rings is 1. The first-order valence-corrected chi connectivity index (χ1v) is 16.6. The minimum atomic E-state index is -0.536. The summed E-state index contributed by atoms with van der Waals surface area (Å²) in [4.78, 5) is 45.7. The van der Waals surface area contributed by atoms with Crippen molar-refractivity contribution in [2.24, 2.45) is 5.41 Å². The van der Waals surface area contributed by atoms with Gasteiger partial charge in [0.15, 0.2) is 22.5 Å². The van der Waals surface area contributed by atoms with Crippen LogP contribution >= 0.6 is 11.3 Å². The first-order chi connectivity index (χ1) is 24.1. The van der Waals surface area contributed by atoms with Gasteiger partial charge in [-0.05, 0) is 43.3 Å². The van der Waals surface area contributed by atoms with Crippen molar-refractivity contribution in [1.29, 1.82) is 5.26 Å². The molecule has 1 aromatic carbocycles. The summed E-state index contributed by atoms with van der Waals surface area (Å²) >= 11 is 1.08. The van der Waals surface area contributed by atoms with Crippen LogP contribution in [0.4, 0.5) is 32.5 Å². The third-order valence-corrected chi connectivity index (χ3v) is 9.50. The number of methoxy groups -OCH3 is 2. The van der Waals surface area contributed by atoms with Gasteiger partial charge in [0.2, 0.25) is 5.91 Å². The zero-order chi connectivity index (χ0) is 35.4. The SMILES string of the molecule is C=CC(=O)N1CCN(c2ncc(-c3ccc(OC)c(Nc4ncc(C(=O)Nc5ccccc5F)s4)n3)cc2N2CC(C)(C#N)C2)C(COC)C1. The lowest BCUT2D eigenvalue weighted by atomic mass is 9.83. The van der Waals surface area contributed by atoms with Gasteiger partial charge in [0.1, 0.15) is 10.7 Å². The molecule has 15 heteroatoms. The van der Waals surface area contributed by atoms with Gasteiger partial charge in [-0.1, -0.05) is 30.0 Å². The molecule has 2 aliphatic heterocycles. The highest BCUT2D eigenvalue weighted by molar-refractivity contribution is 7.17. The van der Waals surface area contributed by atoms with Crippen molar-refractivity contribution < 1.29 is 23.5 Å². The summed E-state index contributed by atoms with van der Waals surface area (Å²) in [6.45, 7) is 8.52. The maximum Gasteiger partial charge on any atom is 0.267 e. The molecule has 3 aromatic heterocycles. The number of thiazole rings is 1. The molecule has 2 saturated heterocycles. The third kappa shape index (κ3) is 7.07. The predicted molar refractivity (Wildman–Crippen MR) is 189 cm³/mol. The number of aromatic nitrogens is 3. The van der Waals surface area contributed by atoms with Crippen molar-refractivity contribution in [1.82, 2.24) is 19.9 Å². The van der Waals surface area contributed by atoms with Crippen LogP contribution in [-0.2, 0) is 9.53 Å². The summed E-state index contributed by atoms with van der Waals surface area (Å²) in [5.41, 5.74) is 1.76. The van der Waals surface area contributed by atoms with Crippen LogP contribution in [0.15, 0.2) is 67.5 Å². The van der Waals surface area contributed by atoms with Gasteiger partial charge in [0, 0.05) is 51.6 Å². The number of ether oxygens (including phenoxy) is 2. The molecular formula is C35H36FN9O4S. The van der Waals surface area contributed by atoms with Crippen molar-refractivity contribution in [3.63, 3.8) is 0 Å². The number of nitriles is 1. The van der Waals surface area contributed by atoms with E-state index >= 15 is 0 Å². The van der Waals surface area contributed by atoms with Crippen molar-refractivity contribution in [3.05, 3.63) is 78.2 Å². The second kappa shape index (κ2) is 14.5. The number of hydrogen-bond acceptors (Lipinski definition) is 12. The fourth-order valence-electron chi connectivity index (χ4n) is 6.02. The highest BCUT2D eigenvalue weighted by Gasteiger charge is 2.42. The van der Waals surface area contributed by atoms with E-state index in [2.05, 4.69) is 38.1 Å². The molecule has 2 N–H and O–H groups in total. The fraction of sp³-hybridized carbons (Fsp3) is 0.314. The van der Waals surface area contributed by atoms with E-state index in [9.17, 15) is 19.2 Å². The topological polar surface area (TPSA) is 149 Å². The number of hydrogen-bond donors (Lipinski definition) is 2. The van der Waals surface area contributed by atoms with Gasteiger partial charge in [-0.2, -0.15) is 5.26 Å². The normalized spacial score (nSPS) is 16.6. The Labute approximate surface area is 293 Å². The number of rotatable bonds is 11. The van der Waals surface area contributed by atoms with Crippen molar-refractivity contribution in [3.8, 4) is 23.1 Å². The number of nitrogens with zero attached hydrogens (tertiary/aromatic N) is 7. The van der Waals surface area contributed by atoms with E-state index < -0.39 is 17.1 Å². The Morgan fingerprint density at radius 1 is 1.18 bits per heavy atom. The van der Waals surface area contributed by atoms with Gasteiger partial charge >= 0.3 is 0 Å². The van der Waals surface area contributed by atoms with E-state index in [0.717, 1.165) is 28.4 Å². The molecule has 0 aliphatic carbocycles. The minimum absolute atomic E-state index is 0.0743. The number of carbonyl (C=O) groups is 2. The molecule has 13 nitrogen and oxygen atoms in total. The highest BCUT2D eigenvalue weighted by atomic mass is 32.1. The zero-order valence-electron chi connectivity index (χ0n) is 27.9. The highest BCUT2D eigenvalue weighted by Crippen LogP contribution is 2.41. The van der Waals surface area contributed by atoms with Gasteiger partial charge in [-0.25, -0.2) is 19.3 Å². The summed E-state index contributed by atoms with van der Waals surface area (Å²) in [5.74, 6) is 0.399. The summed E-state index contributed by atoms with van der Waals surface area (Å²) in [6, 6.07) is 13.8. The molecular weight excluding hydrogens is 662 g/mol. The van der Waals surface area contributed by atoms with Gasteiger partial charge < -0.3 is 34.8 Å². The molecule has 2 amide bonds. The Balaban J connectivity index is 1.29. The number of carbonyl (C=O) groups excluding carboxylic acids is 2. The third-order valence-electron chi connectivity index (χ3n) is 8.59. The average Bonchev–Trinajstić information content (AvgIpc) is 3.59. The van der Waals surface area contributed by atoms with E-state index in [-0.39, 0.29) is 22.5 Å². The quantitative estimate of drug-likeness (QED) is 0.205. The predicted octanol–water partition coefficient (Wildman–Crippen LogP) is 4.94.